The standard InChI is InChI=1S/C14H15ClF3N5O/c1-24-6-2-5-19-12-8-20-23-13(22-12)21-9-3-4-11(15)10(7-9)14(16,17)18/h3-4,7-8H,2,5-6H2,1H3,(H2,19,21,22,23). The Hall–Kier alpha value is -2.13. The molecule has 130 valence electrons. The molecule has 1 aromatic carbocycles. The van der Waals surface area contributed by atoms with Crippen LogP contribution in [0.25, 0.3) is 0 Å². The highest BCUT2D eigenvalue weighted by Crippen LogP contribution is 2.36. The van der Waals surface area contributed by atoms with Gasteiger partial charge in [0.1, 0.15) is 0 Å². The first-order valence-corrected chi connectivity index (χ1v) is 7.34. The summed E-state index contributed by atoms with van der Waals surface area (Å²) >= 11 is 5.58. The molecule has 2 aromatic rings. The number of benzene rings is 1. The molecule has 10 heteroatoms. The van der Waals surface area contributed by atoms with E-state index in [1.165, 1.54) is 12.3 Å². The summed E-state index contributed by atoms with van der Waals surface area (Å²) in [6, 6.07) is 3.46. The largest absolute Gasteiger partial charge is 0.417 e. The maximum atomic E-state index is 12.9. The van der Waals surface area contributed by atoms with E-state index < -0.39 is 11.7 Å². The number of alkyl halides is 3. The number of halogens is 4. The van der Waals surface area contributed by atoms with Crippen LogP contribution in [-0.2, 0) is 10.9 Å². The minimum Gasteiger partial charge on any atom is -0.385 e. The van der Waals surface area contributed by atoms with Crippen molar-refractivity contribution in [2.45, 2.75) is 12.6 Å². The molecular formula is C14H15ClF3N5O. The van der Waals surface area contributed by atoms with Crippen molar-refractivity contribution in [3.05, 3.63) is 35.0 Å². The summed E-state index contributed by atoms with van der Waals surface area (Å²) < 4.78 is 43.5. The second kappa shape index (κ2) is 8.11. The van der Waals surface area contributed by atoms with Crippen molar-refractivity contribution in [1.82, 2.24) is 15.2 Å². The summed E-state index contributed by atoms with van der Waals surface area (Å²) in [5, 5.41) is 12.8. The van der Waals surface area contributed by atoms with Crippen molar-refractivity contribution < 1.29 is 17.9 Å². The van der Waals surface area contributed by atoms with Crippen LogP contribution in [0.3, 0.4) is 0 Å². The van der Waals surface area contributed by atoms with Gasteiger partial charge >= 0.3 is 6.18 Å². The SMILES string of the molecule is COCCCNc1cnnc(Nc2ccc(Cl)c(C(F)(F)F)c2)n1. The summed E-state index contributed by atoms with van der Waals surface area (Å²) in [5.41, 5.74) is -0.777. The quantitative estimate of drug-likeness (QED) is 0.732. The molecule has 24 heavy (non-hydrogen) atoms. The van der Waals surface area contributed by atoms with Crippen LogP contribution in [0.15, 0.2) is 24.4 Å². The number of ether oxygens (including phenoxy) is 1. The van der Waals surface area contributed by atoms with E-state index in [4.69, 9.17) is 16.3 Å². The van der Waals surface area contributed by atoms with E-state index in [1.54, 1.807) is 7.11 Å². The number of nitrogens with zero attached hydrogens (tertiary/aromatic N) is 3. The van der Waals surface area contributed by atoms with Crippen LogP contribution < -0.4 is 10.6 Å². The van der Waals surface area contributed by atoms with Crippen LogP contribution in [0.4, 0.5) is 30.6 Å². The number of hydrogen-bond donors (Lipinski definition) is 2. The fourth-order valence-corrected chi connectivity index (χ4v) is 2.05. The molecule has 0 saturated heterocycles. The maximum absolute atomic E-state index is 12.9. The van der Waals surface area contributed by atoms with Gasteiger partial charge in [0.05, 0.1) is 16.8 Å². The topological polar surface area (TPSA) is 72.0 Å². The van der Waals surface area contributed by atoms with E-state index in [0.717, 1.165) is 18.6 Å². The van der Waals surface area contributed by atoms with Gasteiger partial charge in [0.2, 0.25) is 5.95 Å². The molecule has 0 fully saturated rings. The summed E-state index contributed by atoms with van der Waals surface area (Å²) in [5.74, 6) is 0.524. The fraction of sp³-hybridized carbons (Fsp3) is 0.357. The highest BCUT2D eigenvalue weighted by molar-refractivity contribution is 6.31. The van der Waals surface area contributed by atoms with Gasteiger partial charge in [0, 0.05) is 25.9 Å². The van der Waals surface area contributed by atoms with Gasteiger partial charge in [-0.3, -0.25) is 0 Å². The Labute approximate surface area is 141 Å². The number of methoxy groups -OCH3 is 1. The lowest BCUT2D eigenvalue weighted by atomic mass is 10.2. The molecule has 0 spiro atoms. The fourth-order valence-electron chi connectivity index (χ4n) is 1.82. The van der Waals surface area contributed by atoms with Crippen molar-refractivity contribution in [1.29, 1.82) is 0 Å². The highest BCUT2D eigenvalue weighted by atomic mass is 35.5. The lowest BCUT2D eigenvalue weighted by molar-refractivity contribution is -0.137. The van der Waals surface area contributed by atoms with Crippen LogP contribution in [-0.4, -0.2) is 35.4 Å². The lowest BCUT2D eigenvalue weighted by Gasteiger charge is -2.12. The summed E-state index contributed by atoms with van der Waals surface area (Å²) in [7, 11) is 1.61. The van der Waals surface area contributed by atoms with E-state index >= 15 is 0 Å². The molecule has 0 amide bonds. The Morgan fingerprint density at radius 1 is 1.29 bits per heavy atom. The molecule has 0 unspecified atom stereocenters. The van der Waals surface area contributed by atoms with Crippen molar-refractivity contribution in [2.75, 3.05) is 30.9 Å². The van der Waals surface area contributed by atoms with E-state index in [2.05, 4.69) is 25.8 Å². The second-order valence-corrected chi connectivity index (χ2v) is 5.16. The Kier molecular flexibility index (Phi) is 6.16. The van der Waals surface area contributed by atoms with Gasteiger partial charge in [-0.2, -0.15) is 23.3 Å². The molecule has 0 aliphatic rings. The number of hydrogen-bond acceptors (Lipinski definition) is 6. The Morgan fingerprint density at radius 3 is 2.79 bits per heavy atom. The van der Waals surface area contributed by atoms with E-state index in [1.807, 2.05) is 0 Å². The van der Waals surface area contributed by atoms with Crippen LogP contribution in [0.2, 0.25) is 5.02 Å². The average molecular weight is 362 g/mol. The number of nitrogens with one attached hydrogen (secondary N) is 2. The van der Waals surface area contributed by atoms with Crippen molar-refractivity contribution in [3.8, 4) is 0 Å². The molecule has 1 aromatic heterocycles. The van der Waals surface area contributed by atoms with Gasteiger partial charge in [0.15, 0.2) is 5.82 Å². The molecule has 2 N–H and O–H groups in total. The first kappa shape index (κ1) is 18.2. The molecule has 0 atom stereocenters. The summed E-state index contributed by atoms with van der Waals surface area (Å²) in [6.07, 6.45) is -2.35. The molecule has 0 aliphatic carbocycles. The minimum atomic E-state index is -4.54. The third-order valence-electron chi connectivity index (χ3n) is 2.92. The first-order valence-electron chi connectivity index (χ1n) is 6.96. The molecule has 2 rings (SSSR count). The van der Waals surface area contributed by atoms with Crippen molar-refractivity contribution in [2.24, 2.45) is 0 Å². The third kappa shape index (κ3) is 5.20. The van der Waals surface area contributed by atoms with Gasteiger partial charge < -0.3 is 15.4 Å². The number of anilines is 3. The number of rotatable bonds is 7. The van der Waals surface area contributed by atoms with Crippen LogP contribution >= 0.6 is 11.6 Å². The van der Waals surface area contributed by atoms with Crippen molar-refractivity contribution in [3.63, 3.8) is 0 Å². The summed E-state index contributed by atoms with van der Waals surface area (Å²) in [6.45, 7) is 1.22. The minimum absolute atomic E-state index is 0.0715. The lowest BCUT2D eigenvalue weighted by Crippen LogP contribution is -2.09. The molecule has 0 saturated carbocycles. The van der Waals surface area contributed by atoms with E-state index in [9.17, 15) is 13.2 Å². The molecule has 6 nitrogen and oxygen atoms in total. The highest BCUT2D eigenvalue weighted by Gasteiger charge is 2.33. The molecule has 0 aliphatic heterocycles. The summed E-state index contributed by atoms with van der Waals surface area (Å²) in [4.78, 5) is 4.13. The van der Waals surface area contributed by atoms with Gasteiger partial charge in [-0.1, -0.05) is 11.6 Å². The van der Waals surface area contributed by atoms with Crippen LogP contribution in [0.5, 0.6) is 0 Å². The van der Waals surface area contributed by atoms with Crippen LogP contribution in [0, 0.1) is 0 Å². The Morgan fingerprint density at radius 2 is 2.08 bits per heavy atom. The number of aromatic nitrogens is 3. The van der Waals surface area contributed by atoms with Gasteiger partial charge in [-0.05, 0) is 24.6 Å². The Bertz CT molecular complexity index is 684. The van der Waals surface area contributed by atoms with Crippen molar-refractivity contribution >= 4 is 29.1 Å². The molecule has 1 heterocycles. The van der Waals surface area contributed by atoms with Gasteiger partial charge in [0.25, 0.3) is 0 Å². The monoisotopic (exact) mass is 361 g/mol. The predicted octanol–water partition coefficient (Wildman–Crippen LogP) is 3.74. The maximum Gasteiger partial charge on any atom is 0.417 e. The van der Waals surface area contributed by atoms with Gasteiger partial charge in [-0.25, -0.2) is 0 Å². The smallest absolute Gasteiger partial charge is 0.385 e. The molecule has 0 radical (unpaired) electrons. The first-order chi connectivity index (χ1) is 11.4. The van der Waals surface area contributed by atoms with Gasteiger partial charge in [-0.15, -0.1) is 5.10 Å². The zero-order valence-corrected chi connectivity index (χ0v) is 13.4. The molecular weight excluding hydrogens is 347 g/mol. The van der Waals surface area contributed by atoms with Crippen LogP contribution in [0.1, 0.15) is 12.0 Å². The molecule has 0 bridgehead atoms. The predicted molar refractivity (Wildman–Crippen MR) is 84.5 cm³/mol. The average Bonchev–Trinajstić information content (AvgIpc) is 2.53. The third-order valence-corrected chi connectivity index (χ3v) is 3.25. The van der Waals surface area contributed by atoms with E-state index in [0.29, 0.717) is 19.0 Å². The zero-order valence-electron chi connectivity index (χ0n) is 12.7. The Balaban J connectivity index is 2.08. The normalized spacial score (nSPS) is 11.4. The zero-order chi connectivity index (χ0) is 17.6. The van der Waals surface area contributed by atoms with E-state index in [-0.39, 0.29) is 16.7 Å². The second-order valence-electron chi connectivity index (χ2n) is 4.76.